The summed E-state index contributed by atoms with van der Waals surface area (Å²) in [5, 5.41) is 0. The number of benzene rings is 3. The summed E-state index contributed by atoms with van der Waals surface area (Å²) >= 11 is 0. The van der Waals surface area contributed by atoms with Crippen molar-refractivity contribution in [2.24, 2.45) is 0 Å². The first-order valence-corrected chi connectivity index (χ1v) is 10.3. The quantitative estimate of drug-likeness (QED) is 0.663. The van der Waals surface area contributed by atoms with Gasteiger partial charge in [-0.25, -0.2) is 13.1 Å². The molecular weight excluding hydrogens is 374 g/mol. The standard InChI is InChI=1S/C22H21NO4S/c1-17-7-9-18(10-8-17)15-22(24)23-28(25,26)21-13-11-20(12-14-21)27-16-19-5-3-2-4-6-19/h2-14H,15-16H2,1H3,(H,23,24). The van der Waals surface area contributed by atoms with Gasteiger partial charge in [0.1, 0.15) is 12.4 Å². The number of hydrogen-bond donors (Lipinski definition) is 1. The van der Waals surface area contributed by atoms with Gasteiger partial charge in [-0.2, -0.15) is 0 Å². The SMILES string of the molecule is Cc1ccc(CC(=O)NS(=O)(=O)c2ccc(OCc3ccccc3)cc2)cc1. The fourth-order valence-corrected chi connectivity index (χ4v) is 3.58. The smallest absolute Gasteiger partial charge is 0.264 e. The van der Waals surface area contributed by atoms with E-state index in [2.05, 4.69) is 4.72 Å². The maximum atomic E-state index is 12.4. The second-order valence-corrected chi connectivity index (χ2v) is 8.12. The molecule has 28 heavy (non-hydrogen) atoms. The lowest BCUT2D eigenvalue weighted by Crippen LogP contribution is -2.31. The van der Waals surface area contributed by atoms with Crippen LogP contribution in [-0.2, 0) is 27.8 Å². The Kier molecular flexibility index (Phi) is 6.11. The first-order chi connectivity index (χ1) is 13.4. The van der Waals surface area contributed by atoms with E-state index in [1.165, 1.54) is 12.1 Å². The molecule has 3 aromatic carbocycles. The molecule has 3 rings (SSSR count). The number of carbonyl (C=O) groups is 1. The van der Waals surface area contributed by atoms with Crippen LogP contribution in [0.15, 0.2) is 83.8 Å². The number of nitrogens with one attached hydrogen (secondary N) is 1. The summed E-state index contributed by atoms with van der Waals surface area (Å²) in [5.41, 5.74) is 2.84. The number of rotatable bonds is 7. The predicted octanol–water partition coefficient (Wildman–Crippen LogP) is 3.62. The van der Waals surface area contributed by atoms with Crippen LogP contribution in [0.3, 0.4) is 0 Å². The van der Waals surface area contributed by atoms with Crippen LogP contribution in [0.1, 0.15) is 16.7 Å². The lowest BCUT2D eigenvalue weighted by molar-refractivity contribution is -0.118. The third kappa shape index (κ3) is 5.44. The van der Waals surface area contributed by atoms with Crippen LogP contribution in [-0.4, -0.2) is 14.3 Å². The Hall–Kier alpha value is -3.12. The monoisotopic (exact) mass is 395 g/mol. The summed E-state index contributed by atoms with van der Waals surface area (Å²) in [7, 11) is -3.93. The summed E-state index contributed by atoms with van der Waals surface area (Å²) in [6.07, 6.45) is -0.00220. The van der Waals surface area contributed by atoms with Gasteiger partial charge in [0.05, 0.1) is 11.3 Å². The van der Waals surface area contributed by atoms with E-state index in [0.717, 1.165) is 16.7 Å². The van der Waals surface area contributed by atoms with Crippen molar-refractivity contribution in [2.45, 2.75) is 24.8 Å². The Balaban J connectivity index is 1.59. The number of hydrogen-bond acceptors (Lipinski definition) is 4. The van der Waals surface area contributed by atoms with Gasteiger partial charge in [0.25, 0.3) is 10.0 Å². The highest BCUT2D eigenvalue weighted by Gasteiger charge is 2.17. The molecule has 3 aromatic rings. The fraction of sp³-hybridized carbons (Fsp3) is 0.136. The van der Waals surface area contributed by atoms with Gasteiger partial charge in [-0.15, -0.1) is 0 Å². The van der Waals surface area contributed by atoms with Gasteiger partial charge in [-0.1, -0.05) is 60.2 Å². The van der Waals surface area contributed by atoms with Crippen LogP contribution in [0.4, 0.5) is 0 Å². The average Bonchev–Trinajstić information content (AvgIpc) is 2.69. The Morgan fingerprint density at radius 1 is 0.857 bits per heavy atom. The third-order valence-electron chi connectivity index (χ3n) is 4.12. The van der Waals surface area contributed by atoms with Gasteiger partial charge in [-0.3, -0.25) is 4.79 Å². The number of carbonyl (C=O) groups excluding carboxylic acids is 1. The van der Waals surface area contributed by atoms with Crippen molar-refractivity contribution < 1.29 is 17.9 Å². The van der Waals surface area contributed by atoms with E-state index in [9.17, 15) is 13.2 Å². The largest absolute Gasteiger partial charge is 0.489 e. The van der Waals surface area contributed by atoms with Gasteiger partial charge in [0.15, 0.2) is 0 Å². The van der Waals surface area contributed by atoms with Crippen molar-refractivity contribution in [3.05, 3.63) is 95.6 Å². The molecule has 0 atom stereocenters. The van der Waals surface area contributed by atoms with Gasteiger partial charge < -0.3 is 4.74 Å². The first-order valence-electron chi connectivity index (χ1n) is 8.80. The second kappa shape index (κ2) is 8.71. The van der Waals surface area contributed by atoms with E-state index in [1.807, 2.05) is 49.4 Å². The molecule has 144 valence electrons. The van der Waals surface area contributed by atoms with Gasteiger partial charge in [0, 0.05) is 0 Å². The molecule has 1 N–H and O–H groups in total. The molecule has 6 heteroatoms. The molecule has 0 aliphatic rings. The molecule has 1 amide bonds. The third-order valence-corrected chi connectivity index (χ3v) is 5.51. The van der Waals surface area contributed by atoms with Crippen molar-refractivity contribution in [1.82, 2.24) is 4.72 Å². The van der Waals surface area contributed by atoms with E-state index in [4.69, 9.17) is 4.74 Å². The van der Waals surface area contributed by atoms with E-state index < -0.39 is 15.9 Å². The van der Waals surface area contributed by atoms with E-state index in [0.29, 0.717) is 12.4 Å². The molecule has 0 radical (unpaired) electrons. The molecular formula is C22H21NO4S. The lowest BCUT2D eigenvalue weighted by atomic mass is 10.1. The molecule has 0 aliphatic heterocycles. The molecule has 0 spiro atoms. The summed E-state index contributed by atoms with van der Waals surface area (Å²) in [6.45, 7) is 2.34. The first kappa shape index (κ1) is 19.6. The molecule has 0 fully saturated rings. The minimum Gasteiger partial charge on any atom is -0.489 e. The Bertz CT molecular complexity index is 1030. The number of sulfonamides is 1. The van der Waals surface area contributed by atoms with Crippen molar-refractivity contribution in [1.29, 1.82) is 0 Å². The van der Waals surface area contributed by atoms with Crippen LogP contribution in [0.5, 0.6) is 5.75 Å². The molecule has 0 aliphatic carbocycles. The zero-order valence-corrected chi connectivity index (χ0v) is 16.3. The molecule has 0 bridgehead atoms. The molecule has 5 nitrogen and oxygen atoms in total. The van der Waals surface area contributed by atoms with E-state index in [-0.39, 0.29) is 11.3 Å². The zero-order valence-electron chi connectivity index (χ0n) is 15.5. The average molecular weight is 395 g/mol. The van der Waals surface area contributed by atoms with Crippen LogP contribution in [0, 0.1) is 6.92 Å². The van der Waals surface area contributed by atoms with Crippen LogP contribution in [0.25, 0.3) is 0 Å². The lowest BCUT2D eigenvalue weighted by Gasteiger charge is -2.09. The summed E-state index contributed by atoms with van der Waals surface area (Å²) < 4.78 is 32.6. The minimum atomic E-state index is -3.93. The molecule has 0 saturated carbocycles. The van der Waals surface area contributed by atoms with Crippen molar-refractivity contribution in [3.8, 4) is 5.75 Å². The minimum absolute atomic E-state index is 0.00220. The predicted molar refractivity (Wildman–Crippen MR) is 107 cm³/mol. The summed E-state index contributed by atoms with van der Waals surface area (Å²) in [4.78, 5) is 12.1. The molecule has 0 aromatic heterocycles. The van der Waals surface area contributed by atoms with E-state index >= 15 is 0 Å². The topological polar surface area (TPSA) is 72.5 Å². The maximum Gasteiger partial charge on any atom is 0.264 e. The number of ether oxygens (including phenoxy) is 1. The van der Waals surface area contributed by atoms with E-state index in [1.54, 1.807) is 24.3 Å². The Labute approximate surface area is 165 Å². The fourth-order valence-electron chi connectivity index (χ4n) is 2.59. The van der Waals surface area contributed by atoms with Gasteiger partial charge in [-0.05, 0) is 42.3 Å². The summed E-state index contributed by atoms with van der Waals surface area (Å²) in [5.74, 6) is -0.0259. The highest BCUT2D eigenvalue weighted by Crippen LogP contribution is 2.17. The van der Waals surface area contributed by atoms with Crippen LogP contribution in [0.2, 0.25) is 0 Å². The number of aryl methyl sites for hydroxylation is 1. The van der Waals surface area contributed by atoms with Crippen molar-refractivity contribution in [3.63, 3.8) is 0 Å². The van der Waals surface area contributed by atoms with Crippen molar-refractivity contribution >= 4 is 15.9 Å². The highest BCUT2D eigenvalue weighted by atomic mass is 32.2. The van der Waals surface area contributed by atoms with Gasteiger partial charge >= 0.3 is 0 Å². The second-order valence-electron chi connectivity index (χ2n) is 6.44. The Morgan fingerprint density at radius 3 is 2.14 bits per heavy atom. The number of amides is 1. The zero-order chi connectivity index (χ0) is 20.0. The van der Waals surface area contributed by atoms with Gasteiger partial charge in [0.2, 0.25) is 5.91 Å². The maximum absolute atomic E-state index is 12.4. The van der Waals surface area contributed by atoms with Crippen LogP contribution >= 0.6 is 0 Å². The Morgan fingerprint density at radius 2 is 1.50 bits per heavy atom. The highest BCUT2D eigenvalue weighted by molar-refractivity contribution is 7.90. The molecule has 0 unspecified atom stereocenters. The van der Waals surface area contributed by atoms with Crippen molar-refractivity contribution in [2.75, 3.05) is 0 Å². The summed E-state index contributed by atoms with van der Waals surface area (Å²) in [6, 6.07) is 23.0. The molecule has 0 saturated heterocycles. The molecule has 0 heterocycles. The van der Waals surface area contributed by atoms with Crippen LogP contribution < -0.4 is 9.46 Å². The normalized spacial score (nSPS) is 11.0.